The molecule has 0 aliphatic rings. The SMILES string of the molecule is CNc1nc2cc(OC)ccc2cc1Cn1cc(Br)cn1. The minimum atomic E-state index is 0.663. The van der Waals surface area contributed by atoms with Gasteiger partial charge in [-0.05, 0) is 34.1 Å². The fourth-order valence-electron chi connectivity index (χ4n) is 2.25. The Morgan fingerprint density at radius 2 is 2.19 bits per heavy atom. The molecule has 1 N–H and O–H groups in total. The molecule has 2 heterocycles. The molecule has 0 unspecified atom stereocenters. The van der Waals surface area contributed by atoms with Crippen LogP contribution in [0.15, 0.2) is 41.1 Å². The third-order valence-corrected chi connectivity index (χ3v) is 3.68. The summed E-state index contributed by atoms with van der Waals surface area (Å²) in [4.78, 5) is 4.66. The number of halogens is 1. The summed E-state index contributed by atoms with van der Waals surface area (Å²) in [7, 11) is 3.53. The minimum Gasteiger partial charge on any atom is -0.497 e. The first-order chi connectivity index (χ1) is 10.2. The maximum absolute atomic E-state index is 5.24. The number of hydrogen-bond acceptors (Lipinski definition) is 4. The molecule has 108 valence electrons. The highest BCUT2D eigenvalue weighted by atomic mass is 79.9. The van der Waals surface area contributed by atoms with Crippen molar-refractivity contribution >= 4 is 32.7 Å². The van der Waals surface area contributed by atoms with Gasteiger partial charge in [-0.3, -0.25) is 4.68 Å². The normalized spacial score (nSPS) is 10.8. The summed E-state index contributed by atoms with van der Waals surface area (Å²) in [6.45, 7) is 0.663. The molecule has 6 heteroatoms. The number of aromatic nitrogens is 3. The van der Waals surface area contributed by atoms with Gasteiger partial charge in [0, 0.05) is 30.3 Å². The Balaban J connectivity index is 2.04. The summed E-state index contributed by atoms with van der Waals surface area (Å²) >= 11 is 3.41. The predicted molar refractivity (Wildman–Crippen MR) is 86.9 cm³/mol. The standard InChI is InChI=1S/C15H15BrN4O/c1-17-15-11(8-20-9-12(16)7-18-20)5-10-3-4-13(21-2)6-14(10)19-15/h3-7,9H,8H2,1-2H3,(H,17,19). The molecule has 0 spiro atoms. The smallest absolute Gasteiger partial charge is 0.131 e. The lowest BCUT2D eigenvalue weighted by Crippen LogP contribution is -2.05. The first-order valence-corrected chi connectivity index (χ1v) is 7.32. The van der Waals surface area contributed by atoms with Crippen molar-refractivity contribution in [3.05, 3.63) is 46.7 Å². The van der Waals surface area contributed by atoms with E-state index in [1.165, 1.54) is 0 Å². The van der Waals surface area contributed by atoms with Crippen LogP contribution in [-0.2, 0) is 6.54 Å². The van der Waals surface area contributed by atoms with Gasteiger partial charge >= 0.3 is 0 Å². The van der Waals surface area contributed by atoms with Crippen molar-refractivity contribution < 1.29 is 4.74 Å². The summed E-state index contributed by atoms with van der Waals surface area (Å²) in [6, 6.07) is 8.02. The number of fused-ring (bicyclic) bond motifs is 1. The van der Waals surface area contributed by atoms with Gasteiger partial charge in [0.05, 0.1) is 29.8 Å². The maximum Gasteiger partial charge on any atom is 0.131 e. The minimum absolute atomic E-state index is 0.663. The molecule has 0 fully saturated rings. The predicted octanol–water partition coefficient (Wildman–Crippen LogP) is 3.29. The highest BCUT2D eigenvalue weighted by molar-refractivity contribution is 9.10. The van der Waals surface area contributed by atoms with Gasteiger partial charge in [-0.25, -0.2) is 4.98 Å². The van der Waals surface area contributed by atoms with Crippen molar-refractivity contribution in [2.75, 3.05) is 19.5 Å². The quantitative estimate of drug-likeness (QED) is 0.787. The molecule has 0 aliphatic heterocycles. The van der Waals surface area contributed by atoms with Crippen molar-refractivity contribution in [3.63, 3.8) is 0 Å². The van der Waals surface area contributed by atoms with E-state index in [0.29, 0.717) is 6.54 Å². The zero-order chi connectivity index (χ0) is 14.8. The number of pyridine rings is 1. The van der Waals surface area contributed by atoms with Gasteiger partial charge in [0.2, 0.25) is 0 Å². The van der Waals surface area contributed by atoms with Crippen LogP contribution in [0.25, 0.3) is 10.9 Å². The molecule has 21 heavy (non-hydrogen) atoms. The van der Waals surface area contributed by atoms with Crippen LogP contribution in [0.4, 0.5) is 5.82 Å². The van der Waals surface area contributed by atoms with E-state index in [-0.39, 0.29) is 0 Å². The first kappa shape index (κ1) is 13.9. The van der Waals surface area contributed by atoms with Gasteiger partial charge in [-0.15, -0.1) is 0 Å². The molecule has 0 aliphatic carbocycles. The summed E-state index contributed by atoms with van der Waals surface area (Å²) in [6.07, 6.45) is 3.72. The number of rotatable bonds is 4. The fourth-order valence-corrected chi connectivity index (χ4v) is 2.58. The molecule has 0 bridgehead atoms. The van der Waals surface area contributed by atoms with E-state index in [0.717, 1.165) is 32.5 Å². The van der Waals surface area contributed by atoms with E-state index in [2.05, 4.69) is 37.4 Å². The van der Waals surface area contributed by atoms with Crippen molar-refractivity contribution in [1.29, 1.82) is 0 Å². The fraction of sp³-hybridized carbons (Fsp3) is 0.200. The van der Waals surface area contributed by atoms with Crippen molar-refractivity contribution in [2.45, 2.75) is 6.54 Å². The molecule has 3 aromatic rings. The zero-order valence-corrected chi connectivity index (χ0v) is 13.4. The van der Waals surface area contributed by atoms with Gasteiger partial charge in [0.1, 0.15) is 11.6 Å². The molecule has 0 atom stereocenters. The second-order valence-electron chi connectivity index (χ2n) is 4.66. The van der Waals surface area contributed by atoms with Crippen LogP contribution >= 0.6 is 15.9 Å². The molecule has 0 saturated carbocycles. The Labute approximate surface area is 131 Å². The lowest BCUT2D eigenvalue weighted by atomic mass is 10.1. The number of methoxy groups -OCH3 is 1. The number of benzene rings is 1. The van der Waals surface area contributed by atoms with E-state index in [1.807, 2.05) is 36.1 Å². The molecule has 5 nitrogen and oxygen atoms in total. The summed E-state index contributed by atoms with van der Waals surface area (Å²) in [5.41, 5.74) is 2.00. The summed E-state index contributed by atoms with van der Waals surface area (Å²) in [5, 5.41) is 8.52. The maximum atomic E-state index is 5.24. The number of nitrogens with one attached hydrogen (secondary N) is 1. The largest absolute Gasteiger partial charge is 0.497 e. The van der Waals surface area contributed by atoms with Gasteiger partial charge in [-0.1, -0.05) is 0 Å². The second-order valence-corrected chi connectivity index (χ2v) is 5.58. The molecule has 0 amide bonds. The van der Waals surface area contributed by atoms with Crippen LogP contribution in [0.3, 0.4) is 0 Å². The van der Waals surface area contributed by atoms with Gasteiger partial charge in [-0.2, -0.15) is 5.10 Å². The van der Waals surface area contributed by atoms with Gasteiger partial charge < -0.3 is 10.1 Å². The Bertz CT molecular complexity index is 784. The molecule has 1 aromatic carbocycles. The molecule has 3 rings (SSSR count). The Morgan fingerprint density at radius 1 is 1.33 bits per heavy atom. The number of anilines is 1. The van der Waals surface area contributed by atoms with E-state index in [9.17, 15) is 0 Å². The monoisotopic (exact) mass is 346 g/mol. The summed E-state index contributed by atoms with van der Waals surface area (Å²) < 4.78 is 8.08. The van der Waals surface area contributed by atoms with Crippen LogP contribution in [0.5, 0.6) is 5.75 Å². The Morgan fingerprint density at radius 3 is 2.86 bits per heavy atom. The van der Waals surface area contributed by atoms with Crippen molar-refractivity contribution in [2.24, 2.45) is 0 Å². The first-order valence-electron chi connectivity index (χ1n) is 6.53. The van der Waals surface area contributed by atoms with E-state index < -0.39 is 0 Å². The van der Waals surface area contributed by atoms with Crippen LogP contribution in [0, 0.1) is 0 Å². The van der Waals surface area contributed by atoms with Crippen molar-refractivity contribution in [1.82, 2.24) is 14.8 Å². The third-order valence-electron chi connectivity index (χ3n) is 3.27. The molecular weight excluding hydrogens is 332 g/mol. The molecular formula is C15H15BrN4O. The van der Waals surface area contributed by atoms with Crippen molar-refractivity contribution in [3.8, 4) is 5.75 Å². The van der Waals surface area contributed by atoms with Crippen LogP contribution in [0.2, 0.25) is 0 Å². The number of nitrogens with zero attached hydrogens (tertiary/aromatic N) is 3. The second kappa shape index (κ2) is 5.73. The number of ether oxygens (including phenoxy) is 1. The topological polar surface area (TPSA) is 52.0 Å². The van der Waals surface area contributed by atoms with E-state index in [4.69, 9.17) is 4.74 Å². The summed E-state index contributed by atoms with van der Waals surface area (Å²) in [5.74, 6) is 1.66. The zero-order valence-electron chi connectivity index (χ0n) is 11.8. The van der Waals surface area contributed by atoms with E-state index in [1.54, 1.807) is 13.3 Å². The lowest BCUT2D eigenvalue weighted by Gasteiger charge is -2.11. The molecule has 0 saturated heterocycles. The Hall–Kier alpha value is -2.08. The molecule has 2 aromatic heterocycles. The third kappa shape index (κ3) is 2.85. The lowest BCUT2D eigenvalue weighted by molar-refractivity contribution is 0.415. The highest BCUT2D eigenvalue weighted by Crippen LogP contribution is 2.24. The average Bonchev–Trinajstić information content (AvgIpc) is 2.91. The van der Waals surface area contributed by atoms with Crippen LogP contribution in [-0.4, -0.2) is 28.9 Å². The molecule has 0 radical (unpaired) electrons. The van der Waals surface area contributed by atoms with Gasteiger partial charge in [0.15, 0.2) is 0 Å². The van der Waals surface area contributed by atoms with Crippen LogP contribution in [0.1, 0.15) is 5.56 Å². The Kier molecular flexibility index (Phi) is 3.79. The van der Waals surface area contributed by atoms with Crippen LogP contribution < -0.4 is 10.1 Å². The average molecular weight is 347 g/mol. The van der Waals surface area contributed by atoms with Gasteiger partial charge in [0.25, 0.3) is 0 Å². The number of hydrogen-bond donors (Lipinski definition) is 1. The van der Waals surface area contributed by atoms with E-state index >= 15 is 0 Å². The highest BCUT2D eigenvalue weighted by Gasteiger charge is 2.08.